The number of fused-ring (bicyclic) bond motifs is 1. The summed E-state index contributed by atoms with van der Waals surface area (Å²) in [6.07, 6.45) is 3.31. The van der Waals surface area contributed by atoms with Crippen LogP contribution in [0.15, 0.2) is 35.0 Å². The number of hydrogen-bond donors (Lipinski definition) is 1. The van der Waals surface area contributed by atoms with Crippen LogP contribution >= 0.6 is 0 Å². The monoisotopic (exact) mass is 287 g/mol. The first kappa shape index (κ1) is 13.4. The molecule has 2 aromatic heterocycles. The Morgan fingerprint density at radius 3 is 2.95 bits per heavy atom. The first-order valence-electron chi connectivity index (χ1n) is 6.49. The Bertz CT molecular complexity index is 793. The molecule has 21 heavy (non-hydrogen) atoms. The molecule has 108 valence electrons. The molecule has 5 nitrogen and oxygen atoms in total. The van der Waals surface area contributed by atoms with Crippen molar-refractivity contribution in [1.29, 1.82) is 0 Å². The lowest BCUT2D eigenvalue weighted by Crippen LogP contribution is -2.26. The molecule has 0 unspecified atom stereocenters. The SMILES string of the molecule is Cc1c(C(=O)N(C)Cc2ncc[nH]2)oc2c(F)cccc12. The van der Waals surface area contributed by atoms with E-state index < -0.39 is 5.82 Å². The topological polar surface area (TPSA) is 62.1 Å². The van der Waals surface area contributed by atoms with Crippen molar-refractivity contribution < 1.29 is 13.6 Å². The smallest absolute Gasteiger partial charge is 0.290 e. The predicted molar refractivity (Wildman–Crippen MR) is 75.3 cm³/mol. The highest BCUT2D eigenvalue weighted by Crippen LogP contribution is 2.28. The van der Waals surface area contributed by atoms with Gasteiger partial charge in [-0.05, 0) is 13.0 Å². The second kappa shape index (κ2) is 5.05. The minimum atomic E-state index is -0.469. The van der Waals surface area contributed by atoms with Gasteiger partial charge in [0.15, 0.2) is 17.2 Å². The fourth-order valence-electron chi connectivity index (χ4n) is 2.27. The summed E-state index contributed by atoms with van der Waals surface area (Å²) < 4.78 is 19.2. The molecule has 1 aromatic carbocycles. The second-order valence-corrected chi connectivity index (χ2v) is 4.87. The van der Waals surface area contributed by atoms with Crippen LogP contribution in [0.4, 0.5) is 4.39 Å². The fourth-order valence-corrected chi connectivity index (χ4v) is 2.27. The van der Waals surface area contributed by atoms with E-state index in [0.717, 1.165) is 0 Å². The number of H-pyrrole nitrogens is 1. The van der Waals surface area contributed by atoms with Gasteiger partial charge in [0.05, 0.1) is 6.54 Å². The van der Waals surface area contributed by atoms with Crippen molar-refractivity contribution in [2.45, 2.75) is 13.5 Å². The largest absolute Gasteiger partial charge is 0.448 e. The van der Waals surface area contributed by atoms with Gasteiger partial charge in [-0.3, -0.25) is 4.79 Å². The highest BCUT2D eigenvalue weighted by molar-refractivity contribution is 5.98. The van der Waals surface area contributed by atoms with Crippen LogP contribution in [0, 0.1) is 12.7 Å². The van der Waals surface area contributed by atoms with Gasteiger partial charge in [0.25, 0.3) is 5.91 Å². The van der Waals surface area contributed by atoms with Gasteiger partial charge in [0.1, 0.15) is 5.82 Å². The zero-order chi connectivity index (χ0) is 15.0. The number of benzene rings is 1. The Morgan fingerprint density at radius 2 is 2.29 bits per heavy atom. The van der Waals surface area contributed by atoms with Gasteiger partial charge in [0, 0.05) is 30.4 Å². The maximum Gasteiger partial charge on any atom is 0.290 e. The molecule has 0 aliphatic rings. The molecule has 0 radical (unpaired) electrons. The van der Waals surface area contributed by atoms with Crippen LogP contribution in [0.25, 0.3) is 11.0 Å². The molecule has 0 aliphatic carbocycles. The van der Waals surface area contributed by atoms with Gasteiger partial charge in [-0.15, -0.1) is 0 Å². The number of aryl methyl sites for hydroxylation is 1. The minimum absolute atomic E-state index is 0.116. The molecule has 6 heteroatoms. The lowest BCUT2D eigenvalue weighted by molar-refractivity contribution is 0.0751. The summed E-state index contributed by atoms with van der Waals surface area (Å²) in [6.45, 7) is 2.07. The van der Waals surface area contributed by atoms with E-state index in [-0.39, 0.29) is 17.3 Å². The average Bonchev–Trinajstić information content (AvgIpc) is 3.08. The highest BCUT2D eigenvalue weighted by Gasteiger charge is 2.22. The van der Waals surface area contributed by atoms with E-state index in [4.69, 9.17) is 4.42 Å². The molecular formula is C15H14FN3O2. The number of halogens is 1. The summed E-state index contributed by atoms with van der Waals surface area (Å²) in [7, 11) is 1.65. The Labute approximate surface area is 120 Å². The number of hydrogen-bond acceptors (Lipinski definition) is 3. The number of carbonyl (C=O) groups excluding carboxylic acids is 1. The molecule has 0 saturated carbocycles. The summed E-state index contributed by atoms with van der Waals surface area (Å²) >= 11 is 0. The third-order valence-electron chi connectivity index (χ3n) is 3.40. The summed E-state index contributed by atoms with van der Waals surface area (Å²) in [5.41, 5.74) is 0.755. The van der Waals surface area contributed by atoms with E-state index in [0.29, 0.717) is 23.3 Å². The van der Waals surface area contributed by atoms with Crippen LogP contribution in [-0.4, -0.2) is 27.8 Å². The lowest BCUT2D eigenvalue weighted by Gasteiger charge is -2.14. The summed E-state index contributed by atoms with van der Waals surface area (Å²) in [5.74, 6) is 0.0535. The number of amides is 1. The quantitative estimate of drug-likeness (QED) is 0.805. The second-order valence-electron chi connectivity index (χ2n) is 4.87. The molecule has 2 heterocycles. The van der Waals surface area contributed by atoms with Crippen LogP contribution in [0.5, 0.6) is 0 Å². The average molecular weight is 287 g/mol. The van der Waals surface area contributed by atoms with E-state index in [1.807, 2.05) is 0 Å². The molecule has 0 fully saturated rings. The zero-order valence-electron chi connectivity index (χ0n) is 11.7. The molecule has 1 N–H and O–H groups in total. The molecule has 3 aromatic rings. The van der Waals surface area contributed by atoms with Crippen LogP contribution in [0.3, 0.4) is 0 Å². The Balaban J connectivity index is 1.94. The van der Waals surface area contributed by atoms with Gasteiger partial charge in [-0.25, -0.2) is 9.37 Å². The number of carbonyl (C=O) groups is 1. The maximum atomic E-state index is 13.7. The molecule has 0 spiro atoms. The Morgan fingerprint density at radius 1 is 1.48 bits per heavy atom. The summed E-state index contributed by atoms with van der Waals surface area (Å²) in [5, 5.41) is 0.616. The first-order valence-corrected chi connectivity index (χ1v) is 6.49. The van der Waals surface area contributed by atoms with E-state index in [1.165, 1.54) is 11.0 Å². The van der Waals surface area contributed by atoms with Crippen molar-refractivity contribution in [2.75, 3.05) is 7.05 Å². The number of imidazole rings is 1. The van der Waals surface area contributed by atoms with Crippen molar-refractivity contribution >= 4 is 16.9 Å². The number of para-hydroxylation sites is 1. The van der Waals surface area contributed by atoms with Crippen LogP contribution < -0.4 is 0 Å². The molecule has 3 rings (SSSR count). The minimum Gasteiger partial charge on any atom is -0.448 e. The Kier molecular flexibility index (Phi) is 3.21. The van der Waals surface area contributed by atoms with Crippen molar-refractivity contribution in [3.05, 3.63) is 53.6 Å². The maximum absolute atomic E-state index is 13.7. The molecule has 0 aliphatic heterocycles. The van der Waals surface area contributed by atoms with Crippen molar-refractivity contribution in [3.63, 3.8) is 0 Å². The van der Waals surface area contributed by atoms with Crippen molar-refractivity contribution in [1.82, 2.24) is 14.9 Å². The predicted octanol–water partition coefficient (Wildman–Crippen LogP) is 2.88. The third-order valence-corrected chi connectivity index (χ3v) is 3.40. The Hall–Kier alpha value is -2.63. The number of rotatable bonds is 3. The normalized spacial score (nSPS) is 11.0. The van der Waals surface area contributed by atoms with Crippen molar-refractivity contribution in [2.24, 2.45) is 0 Å². The van der Waals surface area contributed by atoms with E-state index >= 15 is 0 Å². The number of furan rings is 1. The van der Waals surface area contributed by atoms with Gasteiger partial charge < -0.3 is 14.3 Å². The molecule has 0 saturated heterocycles. The van der Waals surface area contributed by atoms with Gasteiger partial charge in [-0.2, -0.15) is 0 Å². The highest BCUT2D eigenvalue weighted by atomic mass is 19.1. The number of nitrogens with one attached hydrogen (secondary N) is 1. The van der Waals surface area contributed by atoms with Crippen LogP contribution in [0.2, 0.25) is 0 Å². The third kappa shape index (κ3) is 2.29. The zero-order valence-corrected chi connectivity index (χ0v) is 11.7. The first-order chi connectivity index (χ1) is 10.1. The van der Waals surface area contributed by atoms with E-state index in [9.17, 15) is 9.18 Å². The van der Waals surface area contributed by atoms with Gasteiger partial charge in [-0.1, -0.05) is 12.1 Å². The van der Waals surface area contributed by atoms with Crippen LogP contribution in [0.1, 0.15) is 21.9 Å². The number of aromatic amines is 1. The number of nitrogens with zero attached hydrogens (tertiary/aromatic N) is 2. The summed E-state index contributed by atoms with van der Waals surface area (Å²) in [4.78, 5) is 20.9. The number of aromatic nitrogens is 2. The van der Waals surface area contributed by atoms with E-state index in [2.05, 4.69) is 9.97 Å². The molecule has 0 bridgehead atoms. The fraction of sp³-hybridized carbons (Fsp3) is 0.200. The van der Waals surface area contributed by atoms with E-state index in [1.54, 1.807) is 38.5 Å². The summed E-state index contributed by atoms with van der Waals surface area (Å²) in [6, 6.07) is 4.65. The van der Waals surface area contributed by atoms with Crippen molar-refractivity contribution in [3.8, 4) is 0 Å². The lowest BCUT2D eigenvalue weighted by atomic mass is 10.1. The van der Waals surface area contributed by atoms with Crippen LogP contribution in [-0.2, 0) is 6.54 Å². The van der Waals surface area contributed by atoms with Gasteiger partial charge >= 0.3 is 0 Å². The molecule has 0 atom stereocenters. The van der Waals surface area contributed by atoms with Gasteiger partial charge in [0.2, 0.25) is 0 Å². The standard InChI is InChI=1S/C15H14FN3O2/c1-9-10-4-3-5-11(16)14(10)21-13(9)15(20)19(2)8-12-17-6-7-18-12/h3-7H,8H2,1-2H3,(H,17,18). The molecular weight excluding hydrogens is 273 g/mol. The molecule has 1 amide bonds.